The molecule has 0 spiro atoms. The average molecular weight is 330 g/mol. The fraction of sp³-hybridized carbons (Fsp3) is 0. The average Bonchev–Trinajstić information content (AvgIpc) is 2.53. The van der Waals surface area contributed by atoms with Crippen molar-refractivity contribution >= 4 is 22.9 Å². The zero-order valence-electron chi connectivity index (χ0n) is 11.5. The Hall–Kier alpha value is -3.82. The molecule has 0 fully saturated rings. The predicted octanol–water partition coefficient (Wildman–Crippen LogP) is 1.69. The van der Waals surface area contributed by atoms with Crippen LogP contribution in [-0.2, 0) is 0 Å². The molecule has 0 saturated heterocycles. The minimum absolute atomic E-state index is 0.383. The molecule has 2 N–H and O–H groups in total. The van der Waals surface area contributed by atoms with Crippen LogP contribution in [0.3, 0.4) is 0 Å². The van der Waals surface area contributed by atoms with Crippen LogP contribution < -0.4 is 0 Å². The Kier molecular flexibility index (Phi) is 3.04. The summed E-state index contributed by atoms with van der Waals surface area (Å²) in [5.74, 6) is -3.46. The van der Waals surface area contributed by atoms with E-state index in [1.54, 1.807) is 0 Å². The number of hydrogen-bond donors (Lipinski definition) is 2. The Morgan fingerprint density at radius 1 is 0.792 bits per heavy atom. The molecular formula is C14H6N2O8. The molecule has 24 heavy (non-hydrogen) atoms. The third kappa shape index (κ3) is 1.83. The van der Waals surface area contributed by atoms with Crippen LogP contribution in [0.25, 0.3) is 0 Å². The second-order valence-electron chi connectivity index (χ2n) is 4.88. The molecule has 0 saturated carbocycles. The number of nitro benzene ring substituents is 2. The molecule has 10 nitrogen and oxygen atoms in total. The fourth-order valence-electron chi connectivity index (χ4n) is 2.60. The van der Waals surface area contributed by atoms with E-state index >= 15 is 0 Å². The summed E-state index contributed by atoms with van der Waals surface area (Å²) < 4.78 is 0. The number of aromatic hydroxyl groups is 2. The molecule has 3 rings (SSSR count). The Bertz CT molecular complexity index is 979. The number of phenols is 2. The first-order valence-corrected chi connectivity index (χ1v) is 6.35. The summed E-state index contributed by atoms with van der Waals surface area (Å²) in [7, 11) is 0. The predicted molar refractivity (Wildman–Crippen MR) is 76.4 cm³/mol. The van der Waals surface area contributed by atoms with Crippen molar-refractivity contribution in [3.05, 3.63) is 66.7 Å². The number of fused-ring (bicyclic) bond motifs is 2. The van der Waals surface area contributed by atoms with E-state index < -0.39 is 61.0 Å². The lowest BCUT2D eigenvalue weighted by molar-refractivity contribution is -0.422. The standard InChI is InChI=1S/C14H6N2O8/c17-8-4-2-6-10(14(8)20)13(19)5-1-3-7(15(21)22)11(16(23)24)9(5)12(6)18/h1-4,17,20H. The van der Waals surface area contributed by atoms with Crippen molar-refractivity contribution in [1.82, 2.24) is 0 Å². The number of nitrogens with zero attached hydrogens (tertiary/aromatic N) is 2. The van der Waals surface area contributed by atoms with Gasteiger partial charge in [-0.05, 0) is 18.2 Å². The second-order valence-corrected chi connectivity index (χ2v) is 4.88. The minimum Gasteiger partial charge on any atom is -0.504 e. The van der Waals surface area contributed by atoms with Gasteiger partial charge in [0.15, 0.2) is 17.3 Å². The van der Waals surface area contributed by atoms with Crippen LogP contribution in [0.1, 0.15) is 31.8 Å². The number of carbonyl (C=O) groups is 2. The van der Waals surface area contributed by atoms with Crippen LogP contribution in [-0.4, -0.2) is 31.6 Å². The molecule has 1 aliphatic rings. The van der Waals surface area contributed by atoms with Gasteiger partial charge in [0, 0.05) is 17.2 Å². The van der Waals surface area contributed by atoms with E-state index in [-0.39, 0.29) is 5.56 Å². The Labute approximate surface area is 131 Å². The van der Waals surface area contributed by atoms with Gasteiger partial charge in [-0.15, -0.1) is 0 Å². The number of carbonyl (C=O) groups excluding carboxylic acids is 2. The third-order valence-corrected chi connectivity index (χ3v) is 3.64. The van der Waals surface area contributed by atoms with Crippen molar-refractivity contribution in [2.24, 2.45) is 0 Å². The maximum absolute atomic E-state index is 12.5. The molecule has 0 radical (unpaired) electrons. The van der Waals surface area contributed by atoms with Crippen LogP contribution in [0, 0.1) is 20.2 Å². The normalized spacial score (nSPS) is 12.5. The van der Waals surface area contributed by atoms with Crippen molar-refractivity contribution < 1.29 is 29.6 Å². The smallest absolute Gasteiger partial charge is 0.357 e. The van der Waals surface area contributed by atoms with Gasteiger partial charge in [-0.25, -0.2) is 0 Å². The molecule has 0 atom stereocenters. The maximum Gasteiger partial charge on any atom is 0.357 e. The molecule has 0 unspecified atom stereocenters. The highest BCUT2D eigenvalue weighted by molar-refractivity contribution is 6.31. The van der Waals surface area contributed by atoms with E-state index in [0.717, 1.165) is 24.3 Å². The summed E-state index contributed by atoms with van der Waals surface area (Å²) in [6.45, 7) is 0. The summed E-state index contributed by atoms with van der Waals surface area (Å²) >= 11 is 0. The van der Waals surface area contributed by atoms with Crippen molar-refractivity contribution in [1.29, 1.82) is 0 Å². The van der Waals surface area contributed by atoms with E-state index in [0.29, 0.717) is 0 Å². The molecular weight excluding hydrogens is 324 g/mol. The fourth-order valence-corrected chi connectivity index (χ4v) is 2.60. The van der Waals surface area contributed by atoms with Crippen molar-refractivity contribution in [3.63, 3.8) is 0 Å². The monoisotopic (exact) mass is 330 g/mol. The highest BCUT2D eigenvalue weighted by Gasteiger charge is 2.42. The van der Waals surface area contributed by atoms with E-state index in [4.69, 9.17) is 0 Å². The summed E-state index contributed by atoms with van der Waals surface area (Å²) in [6, 6.07) is 3.60. The van der Waals surface area contributed by atoms with Gasteiger partial charge in [-0.3, -0.25) is 29.8 Å². The summed E-state index contributed by atoms with van der Waals surface area (Å²) in [6.07, 6.45) is 0. The topological polar surface area (TPSA) is 161 Å². The van der Waals surface area contributed by atoms with Crippen molar-refractivity contribution in [2.75, 3.05) is 0 Å². The van der Waals surface area contributed by atoms with Crippen molar-refractivity contribution in [2.45, 2.75) is 0 Å². The number of phenolic OH excluding ortho intramolecular Hbond substituents is 2. The first-order valence-electron chi connectivity index (χ1n) is 6.35. The zero-order valence-corrected chi connectivity index (χ0v) is 11.5. The van der Waals surface area contributed by atoms with Gasteiger partial charge < -0.3 is 10.2 Å². The van der Waals surface area contributed by atoms with Crippen LogP contribution in [0.2, 0.25) is 0 Å². The Balaban J connectivity index is 2.42. The second kappa shape index (κ2) is 4.84. The quantitative estimate of drug-likeness (QED) is 0.407. The maximum atomic E-state index is 12.5. The van der Waals surface area contributed by atoms with E-state index in [1.165, 1.54) is 0 Å². The number of nitro groups is 2. The van der Waals surface area contributed by atoms with E-state index in [1.807, 2.05) is 0 Å². The highest BCUT2D eigenvalue weighted by Crippen LogP contribution is 2.42. The molecule has 1 aliphatic carbocycles. The van der Waals surface area contributed by atoms with Crippen LogP contribution in [0.15, 0.2) is 24.3 Å². The van der Waals surface area contributed by atoms with Crippen LogP contribution >= 0.6 is 0 Å². The van der Waals surface area contributed by atoms with Crippen LogP contribution in [0.4, 0.5) is 11.4 Å². The molecule has 2 aromatic carbocycles. The SMILES string of the molecule is O=C1c2ccc([N+](=O)[O-])c([N+](=O)[O-])c2C(=O)c2ccc(O)c(O)c21. The van der Waals surface area contributed by atoms with Crippen LogP contribution in [0.5, 0.6) is 11.5 Å². The van der Waals surface area contributed by atoms with E-state index in [9.17, 15) is 40.0 Å². The van der Waals surface area contributed by atoms with Gasteiger partial charge in [-0.2, -0.15) is 0 Å². The number of benzene rings is 2. The summed E-state index contributed by atoms with van der Waals surface area (Å²) in [4.78, 5) is 45.1. The lowest BCUT2D eigenvalue weighted by Gasteiger charge is -2.18. The minimum atomic E-state index is -1.10. The molecule has 10 heteroatoms. The third-order valence-electron chi connectivity index (χ3n) is 3.64. The number of rotatable bonds is 2. The molecule has 120 valence electrons. The van der Waals surface area contributed by atoms with Gasteiger partial charge in [0.05, 0.1) is 15.4 Å². The number of hydrogen-bond acceptors (Lipinski definition) is 8. The van der Waals surface area contributed by atoms with Gasteiger partial charge in [-0.1, -0.05) is 0 Å². The number of ketones is 2. The zero-order chi connectivity index (χ0) is 17.8. The lowest BCUT2D eigenvalue weighted by Crippen LogP contribution is -2.23. The largest absolute Gasteiger partial charge is 0.504 e. The summed E-state index contributed by atoms with van der Waals surface area (Å²) in [5, 5.41) is 41.5. The molecule has 0 aromatic heterocycles. The Morgan fingerprint density at radius 3 is 1.92 bits per heavy atom. The summed E-state index contributed by atoms with van der Waals surface area (Å²) in [5.41, 5.74) is -4.06. The first kappa shape index (κ1) is 15.1. The van der Waals surface area contributed by atoms with Gasteiger partial charge >= 0.3 is 11.4 Å². The molecule has 2 aromatic rings. The molecule has 0 bridgehead atoms. The molecule has 0 heterocycles. The van der Waals surface area contributed by atoms with Crippen molar-refractivity contribution in [3.8, 4) is 11.5 Å². The molecule has 0 amide bonds. The van der Waals surface area contributed by atoms with Gasteiger partial charge in [0.2, 0.25) is 5.78 Å². The highest BCUT2D eigenvalue weighted by atomic mass is 16.6. The first-order chi connectivity index (χ1) is 11.3. The molecule has 0 aliphatic heterocycles. The van der Waals surface area contributed by atoms with Gasteiger partial charge in [0.1, 0.15) is 5.56 Å². The lowest BCUT2D eigenvalue weighted by atomic mass is 9.82. The van der Waals surface area contributed by atoms with Gasteiger partial charge in [0.25, 0.3) is 0 Å². The Morgan fingerprint density at radius 2 is 1.33 bits per heavy atom. The van der Waals surface area contributed by atoms with E-state index in [2.05, 4.69) is 0 Å².